The number of rotatable bonds is 11. The first-order valence-electron chi connectivity index (χ1n) is 9.60. The summed E-state index contributed by atoms with van der Waals surface area (Å²) in [4.78, 5) is 22.6. The van der Waals surface area contributed by atoms with Gasteiger partial charge in [0.25, 0.3) is 6.29 Å². The lowest BCUT2D eigenvalue weighted by molar-refractivity contribution is -0.178. The zero-order valence-corrected chi connectivity index (χ0v) is 16.5. The Hall–Kier alpha value is -2.10. The molecule has 0 spiro atoms. The molecule has 0 fully saturated rings. The quantitative estimate of drug-likeness (QED) is 0.299. The van der Waals surface area contributed by atoms with Crippen LogP contribution >= 0.6 is 0 Å². The van der Waals surface area contributed by atoms with Crippen LogP contribution in [0.2, 0.25) is 0 Å². The number of ether oxygens (including phenoxy) is 2. The lowest BCUT2D eigenvalue weighted by Crippen LogP contribution is -2.24. The molecule has 144 valence electrons. The molecule has 26 heavy (non-hydrogen) atoms. The van der Waals surface area contributed by atoms with Crippen LogP contribution in [-0.2, 0) is 25.5 Å². The Morgan fingerprint density at radius 1 is 0.923 bits per heavy atom. The SMILES string of the molecule is CCCCCCCc1ccc(/C=C(\CC)C(OC(C)=O)OC(C)=O)cc1. The van der Waals surface area contributed by atoms with Crippen LogP contribution in [0.25, 0.3) is 6.08 Å². The highest BCUT2D eigenvalue weighted by Crippen LogP contribution is 2.19. The molecular weight excluding hydrogens is 328 g/mol. The summed E-state index contributed by atoms with van der Waals surface area (Å²) >= 11 is 0. The van der Waals surface area contributed by atoms with Gasteiger partial charge in [-0.2, -0.15) is 0 Å². The fourth-order valence-corrected chi connectivity index (χ4v) is 2.74. The van der Waals surface area contributed by atoms with Crippen molar-refractivity contribution < 1.29 is 19.1 Å². The summed E-state index contributed by atoms with van der Waals surface area (Å²) in [5.41, 5.74) is 3.08. The van der Waals surface area contributed by atoms with Gasteiger partial charge in [0, 0.05) is 19.4 Å². The molecule has 0 heterocycles. The van der Waals surface area contributed by atoms with Crippen molar-refractivity contribution in [2.24, 2.45) is 0 Å². The fourth-order valence-electron chi connectivity index (χ4n) is 2.74. The van der Waals surface area contributed by atoms with Crippen molar-refractivity contribution in [3.8, 4) is 0 Å². The van der Waals surface area contributed by atoms with Crippen LogP contribution in [0.4, 0.5) is 0 Å². The van der Waals surface area contributed by atoms with Gasteiger partial charge in [-0.3, -0.25) is 9.59 Å². The number of carbonyl (C=O) groups is 2. The van der Waals surface area contributed by atoms with E-state index < -0.39 is 18.2 Å². The Labute approximate surface area is 157 Å². The molecule has 0 saturated carbocycles. The third-order valence-corrected chi connectivity index (χ3v) is 4.16. The Morgan fingerprint density at radius 2 is 1.50 bits per heavy atom. The van der Waals surface area contributed by atoms with Gasteiger partial charge < -0.3 is 9.47 Å². The number of hydrogen-bond donors (Lipinski definition) is 0. The van der Waals surface area contributed by atoms with Crippen LogP contribution in [-0.4, -0.2) is 18.2 Å². The molecule has 1 aromatic rings. The molecular formula is C22H32O4. The van der Waals surface area contributed by atoms with Crippen LogP contribution in [0.1, 0.15) is 77.3 Å². The Balaban J connectivity index is 2.74. The first-order chi connectivity index (χ1) is 12.5. The van der Waals surface area contributed by atoms with Gasteiger partial charge in [0.2, 0.25) is 0 Å². The smallest absolute Gasteiger partial charge is 0.305 e. The molecule has 0 radical (unpaired) electrons. The highest BCUT2D eigenvalue weighted by atomic mass is 16.7. The van der Waals surface area contributed by atoms with Gasteiger partial charge in [0.05, 0.1) is 0 Å². The van der Waals surface area contributed by atoms with Gasteiger partial charge in [-0.25, -0.2) is 0 Å². The third kappa shape index (κ3) is 8.84. The monoisotopic (exact) mass is 360 g/mol. The Morgan fingerprint density at radius 3 is 2.00 bits per heavy atom. The molecule has 0 saturated heterocycles. The van der Waals surface area contributed by atoms with E-state index in [0.29, 0.717) is 6.42 Å². The van der Waals surface area contributed by atoms with Crippen molar-refractivity contribution in [1.82, 2.24) is 0 Å². The Bertz CT molecular complexity index is 571. The highest BCUT2D eigenvalue weighted by Gasteiger charge is 2.19. The maximum absolute atomic E-state index is 11.3. The van der Waals surface area contributed by atoms with E-state index in [1.54, 1.807) is 0 Å². The van der Waals surface area contributed by atoms with Gasteiger partial charge in [0.1, 0.15) is 0 Å². The number of esters is 2. The van der Waals surface area contributed by atoms with Crippen molar-refractivity contribution >= 4 is 18.0 Å². The zero-order valence-electron chi connectivity index (χ0n) is 16.5. The average Bonchev–Trinajstić information content (AvgIpc) is 2.59. The number of carbonyl (C=O) groups excluding carboxylic acids is 2. The topological polar surface area (TPSA) is 52.6 Å². The molecule has 0 aliphatic carbocycles. The van der Waals surface area contributed by atoms with E-state index in [9.17, 15) is 9.59 Å². The van der Waals surface area contributed by atoms with E-state index in [1.807, 2.05) is 13.0 Å². The predicted octanol–water partition coefficient (Wildman–Crippen LogP) is 5.45. The predicted molar refractivity (Wildman–Crippen MR) is 104 cm³/mol. The maximum Gasteiger partial charge on any atom is 0.305 e. The molecule has 0 N–H and O–H groups in total. The second-order valence-electron chi connectivity index (χ2n) is 6.53. The maximum atomic E-state index is 11.3. The minimum absolute atomic E-state index is 0.478. The first-order valence-corrected chi connectivity index (χ1v) is 9.60. The molecule has 0 bridgehead atoms. The van der Waals surface area contributed by atoms with Crippen molar-refractivity contribution in [2.45, 2.75) is 78.9 Å². The number of benzene rings is 1. The van der Waals surface area contributed by atoms with Crippen molar-refractivity contribution in [1.29, 1.82) is 0 Å². The summed E-state index contributed by atoms with van der Waals surface area (Å²) in [6.07, 6.45) is 9.05. The van der Waals surface area contributed by atoms with Gasteiger partial charge in [-0.05, 0) is 36.5 Å². The lowest BCUT2D eigenvalue weighted by atomic mass is 10.0. The normalized spacial score (nSPS) is 11.5. The fraction of sp³-hybridized carbons (Fsp3) is 0.545. The standard InChI is InChI=1S/C22H32O4/c1-5-7-8-9-10-11-19-12-14-20(15-13-19)16-21(6-2)22(25-17(3)23)26-18(4)24/h12-16,22H,5-11H2,1-4H3/b21-16+. The summed E-state index contributed by atoms with van der Waals surface area (Å²) in [5.74, 6) is -0.956. The van der Waals surface area contributed by atoms with Gasteiger partial charge in [0.15, 0.2) is 0 Å². The minimum atomic E-state index is -0.965. The molecule has 4 nitrogen and oxygen atoms in total. The molecule has 0 aromatic heterocycles. The average molecular weight is 360 g/mol. The van der Waals surface area contributed by atoms with Crippen LogP contribution in [0.5, 0.6) is 0 Å². The molecule has 1 rings (SSSR count). The number of unbranched alkanes of at least 4 members (excludes halogenated alkanes) is 4. The van der Waals surface area contributed by atoms with Crippen molar-refractivity contribution in [2.75, 3.05) is 0 Å². The Kier molecular flexibility index (Phi) is 10.4. The minimum Gasteiger partial charge on any atom is -0.421 e. The van der Waals surface area contributed by atoms with Crippen molar-refractivity contribution in [3.63, 3.8) is 0 Å². The van der Waals surface area contributed by atoms with Gasteiger partial charge in [-0.15, -0.1) is 0 Å². The molecule has 1 aromatic carbocycles. The summed E-state index contributed by atoms with van der Waals surface area (Å²) in [6, 6.07) is 8.36. The van der Waals surface area contributed by atoms with Crippen LogP contribution in [0.3, 0.4) is 0 Å². The van der Waals surface area contributed by atoms with E-state index >= 15 is 0 Å². The lowest BCUT2D eigenvalue weighted by Gasteiger charge is -2.19. The number of hydrogen-bond acceptors (Lipinski definition) is 4. The largest absolute Gasteiger partial charge is 0.421 e. The summed E-state index contributed by atoms with van der Waals surface area (Å²) in [6.45, 7) is 6.78. The molecule has 0 aliphatic rings. The van der Waals surface area contributed by atoms with E-state index in [-0.39, 0.29) is 0 Å². The van der Waals surface area contributed by atoms with Crippen LogP contribution in [0, 0.1) is 0 Å². The second-order valence-corrected chi connectivity index (χ2v) is 6.53. The summed E-state index contributed by atoms with van der Waals surface area (Å²) in [7, 11) is 0. The molecule has 4 heteroatoms. The molecule has 0 unspecified atom stereocenters. The van der Waals surface area contributed by atoms with E-state index in [4.69, 9.17) is 9.47 Å². The molecule has 0 atom stereocenters. The number of aryl methyl sites for hydroxylation is 1. The summed E-state index contributed by atoms with van der Waals surface area (Å²) in [5, 5.41) is 0. The first kappa shape index (κ1) is 21.9. The van der Waals surface area contributed by atoms with Crippen LogP contribution < -0.4 is 0 Å². The van der Waals surface area contributed by atoms with Gasteiger partial charge >= 0.3 is 11.9 Å². The molecule has 0 amide bonds. The van der Waals surface area contributed by atoms with E-state index in [2.05, 4.69) is 31.2 Å². The van der Waals surface area contributed by atoms with Crippen molar-refractivity contribution in [3.05, 3.63) is 41.0 Å². The summed E-state index contributed by atoms with van der Waals surface area (Å²) < 4.78 is 10.3. The highest BCUT2D eigenvalue weighted by molar-refractivity contribution is 5.69. The van der Waals surface area contributed by atoms with Crippen LogP contribution in [0.15, 0.2) is 29.8 Å². The molecule has 0 aliphatic heterocycles. The second kappa shape index (κ2) is 12.3. The third-order valence-electron chi connectivity index (χ3n) is 4.16. The zero-order chi connectivity index (χ0) is 19.4. The van der Waals surface area contributed by atoms with E-state index in [1.165, 1.54) is 51.5 Å². The van der Waals surface area contributed by atoms with Gasteiger partial charge in [-0.1, -0.05) is 63.8 Å². The van der Waals surface area contributed by atoms with E-state index in [0.717, 1.165) is 17.6 Å².